The number of hydrogen-bond donors (Lipinski definition) is 1. The van der Waals surface area contributed by atoms with Gasteiger partial charge in [-0.3, -0.25) is 5.32 Å². The van der Waals surface area contributed by atoms with Crippen molar-refractivity contribution in [3.05, 3.63) is 29.8 Å². The summed E-state index contributed by atoms with van der Waals surface area (Å²) in [6, 6.07) is 10.4. The normalized spacial score (nSPS) is 13.8. The van der Waals surface area contributed by atoms with E-state index in [1.807, 2.05) is 45.0 Å². The number of benzene rings is 1. The first-order valence-corrected chi connectivity index (χ1v) is 6.89. The Morgan fingerprint density at radius 2 is 1.95 bits per heavy atom. The molecule has 0 saturated heterocycles. The van der Waals surface area contributed by atoms with Gasteiger partial charge in [0.15, 0.2) is 0 Å². The highest BCUT2D eigenvalue weighted by Gasteiger charge is 2.25. The third-order valence-corrected chi connectivity index (χ3v) is 2.90. The minimum atomic E-state index is -0.678. The molecular weight excluding hydrogens is 252 g/mol. The summed E-state index contributed by atoms with van der Waals surface area (Å²) >= 11 is 0. The average molecular weight is 276 g/mol. The monoisotopic (exact) mass is 276 g/mol. The summed E-state index contributed by atoms with van der Waals surface area (Å²) in [5, 5.41) is 12.5. The maximum Gasteiger partial charge on any atom is 0.138 e. The Morgan fingerprint density at radius 3 is 2.45 bits per heavy atom. The van der Waals surface area contributed by atoms with Crippen LogP contribution < -0.4 is 10.1 Å². The third-order valence-electron chi connectivity index (χ3n) is 2.90. The number of methoxy groups -OCH3 is 1. The van der Waals surface area contributed by atoms with Gasteiger partial charge in [-0.15, -0.1) is 0 Å². The lowest BCUT2D eigenvalue weighted by atomic mass is 10.1. The Kier molecular flexibility index (Phi) is 6.50. The topological polar surface area (TPSA) is 54.3 Å². The molecule has 4 heteroatoms. The molecule has 0 aromatic heterocycles. The summed E-state index contributed by atoms with van der Waals surface area (Å²) in [5.41, 5.74) is 0.533. The second-order valence-electron chi connectivity index (χ2n) is 5.42. The van der Waals surface area contributed by atoms with Gasteiger partial charge in [-0.05, 0) is 44.9 Å². The van der Waals surface area contributed by atoms with Crippen LogP contribution in [0.25, 0.3) is 0 Å². The van der Waals surface area contributed by atoms with Gasteiger partial charge in [0.1, 0.15) is 17.9 Å². The first kappa shape index (κ1) is 16.5. The molecule has 1 atom stereocenters. The molecule has 0 spiro atoms. The molecule has 20 heavy (non-hydrogen) atoms. The number of nitrogens with zero attached hydrogens (tertiary/aromatic N) is 1. The molecule has 0 aliphatic heterocycles. The van der Waals surface area contributed by atoms with Gasteiger partial charge in [-0.1, -0.05) is 12.1 Å². The average Bonchev–Trinajstić information content (AvgIpc) is 2.43. The van der Waals surface area contributed by atoms with E-state index in [9.17, 15) is 5.26 Å². The predicted octanol–water partition coefficient (Wildman–Crippen LogP) is 2.53. The highest BCUT2D eigenvalue weighted by molar-refractivity contribution is 5.27. The Labute approximate surface area is 121 Å². The lowest BCUT2D eigenvalue weighted by molar-refractivity contribution is 0.202. The molecule has 1 N–H and O–H groups in total. The van der Waals surface area contributed by atoms with Gasteiger partial charge in [0.25, 0.3) is 0 Å². The zero-order valence-electron chi connectivity index (χ0n) is 12.8. The third kappa shape index (κ3) is 5.60. The second kappa shape index (κ2) is 7.88. The van der Waals surface area contributed by atoms with E-state index >= 15 is 0 Å². The maximum absolute atomic E-state index is 9.25. The molecule has 1 rings (SSSR count). The Morgan fingerprint density at radius 1 is 1.30 bits per heavy atom. The van der Waals surface area contributed by atoms with Crippen molar-refractivity contribution < 1.29 is 9.47 Å². The Hall–Kier alpha value is -1.57. The van der Waals surface area contributed by atoms with Gasteiger partial charge in [0, 0.05) is 13.2 Å². The van der Waals surface area contributed by atoms with Crippen molar-refractivity contribution in [2.45, 2.75) is 38.8 Å². The molecule has 0 amide bonds. The molecule has 1 aromatic rings. The van der Waals surface area contributed by atoms with Gasteiger partial charge in [-0.25, -0.2) is 0 Å². The van der Waals surface area contributed by atoms with Gasteiger partial charge < -0.3 is 9.47 Å². The first-order chi connectivity index (χ1) is 9.49. The van der Waals surface area contributed by atoms with Crippen LogP contribution in [-0.2, 0) is 11.2 Å². The number of ether oxygens (including phenoxy) is 2. The molecule has 0 radical (unpaired) electrons. The van der Waals surface area contributed by atoms with Crippen molar-refractivity contribution in [3.63, 3.8) is 0 Å². The molecule has 0 aliphatic carbocycles. The fourth-order valence-electron chi connectivity index (χ4n) is 1.94. The molecular formula is C16H24N2O2. The lowest BCUT2D eigenvalue weighted by Gasteiger charge is -2.25. The molecule has 0 saturated carbocycles. The molecule has 0 bridgehead atoms. The van der Waals surface area contributed by atoms with Crippen LogP contribution in [0.5, 0.6) is 5.75 Å². The van der Waals surface area contributed by atoms with Gasteiger partial charge >= 0.3 is 0 Å². The van der Waals surface area contributed by atoms with E-state index in [1.54, 1.807) is 7.11 Å². The minimum Gasteiger partial charge on any atom is -0.491 e. The van der Waals surface area contributed by atoms with E-state index in [-0.39, 0.29) is 6.04 Å². The van der Waals surface area contributed by atoms with Crippen LogP contribution in [-0.4, -0.2) is 31.9 Å². The van der Waals surface area contributed by atoms with Crippen molar-refractivity contribution >= 4 is 0 Å². The van der Waals surface area contributed by atoms with Crippen molar-refractivity contribution in [3.8, 4) is 11.8 Å². The van der Waals surface area contributed by atoms with Crippen LogP contribution >= 0.6 is 0 Å². The molecule has 0 aliphatic rings. The summed E-state index contributed by atoms with van der Waals surface area (Å²) in [7, 11) is 1.70. The van der Waals surface area contributed by atoms with Crippen molar-refractivity contribution in [1.29, 1.82) is 5.26 Å². The Balaban J connectivity index is 2.54. The van der Waals surface area contributed by atoms with Crippen LogP contribution in [0.4, 0.5) is 0 Å². The summed E-state index contributed by atoms with van der Waals surface area (Å²) < 4.78 is 10.8. The Bertz CT molecular complexity index is 437. The quantitative estimate of drug-likeness (QED) is 0.792. The molecule has 1 aromatic carbocycles. The van der Waals surface area contributed by atoms with Crippen molar-refractivity contribution in [2.24, 2.45) is 0 Å². The second-order valence-corrected chi connectivity index (χ2v) is 5.42. The smallest absolute Gasteiger partial charge is 0.138 e. The fourth-order valence-corrected chi connectivity index (χ4v) is 1.94. The van der Waals surface area contributed by atoms with Gasteiger partial charge in [0.2, 0.25) is 0 Å². The predicted molar refractivity (Wildman–Crippen MR) is 79.8 cm³/mol. The molecule has 1 unspecified atom stereocenters. The molecule has 0 heterocycles. The highest BCUT2D eigenvalue weighted by atomic mass is 16.5. The zero-order valence-corrected chi connectivity index (χ0v) is 12.8. The van der Waals surface area contributed by atoms with Gasteiger partial charge in [0.05, 0.1) is 12.7 Å². The van der Waals surface area contributed by atoms with E-state index in [0.29, 0.717) is 13.2 Å². The van der Waals surface area contributed by atoms with Gasteiger partial charge in [-0.2, -0.15) is 5.26 Å². The van der Waals surface area contributed by atoms with E-state index in [1.165, 1.54) is 5.56 Å². The first-order valence-electron chi connectivity index (χ1n) is 6.89. The van der Waals surface area contributed by atoms with Crippen LogP contribution in [0.3, 0.4) is 0 Å². The largest absolute Gasteiger partial charge is 0.491 e. The summed E-state index contributed by atoms with van der Waals surface area (Å²) in [6.45, 7) is 6.91. The number of nitriles is 1. The highest BCUT2D eigenvalue weighted by Crippen LogP contribution is 2.15. The fraction of sp³-hybridized carbons (Fsp3) is 0.562. The summed E-state index contributed by atoms with van der Waals surface area (Å²) in [4.78, 5) is 0. The van der Waals surface area contributed by atoms with Crippen LogP contribution in [0.2, 0.25) is 0 Å². The SMILES string of the molecule is COCCc1ccc(OCC(C)(C#N)NC(C)C)cc1. The standard InChI is InChI=1S/C16H24N2O2/c1-13(2)18-16(3,11-17)12-20-15-7-5-14(6-8-15)9-10-19-4/h5-8,13,18H,9-10,12H2,1-4H3. The minimum absolute atomic E-state index is 0.236. The maximum atomic E-state index is 9.25. The van der Waals surface area contributed by atoms with E-state index in [4.69, 9.17) is 9.47 Å². The zero-order chi connectivity index (χ0) is 15.0. The van der Waals surface area contributed by atoms with Crippen molar-refractivity contribution in [1.82, 2.24) is 5.32 Å². The summed E-state index contributed by atoms with van der Waals surface area (Å²) in [5.74, 6) is 0.776. The van der Waals surface area contributed by atoms with Crippen LogP contribution in [0.1, 0.15) is 26.3 Å². The number of nitrogens with one attached hydrogen (secondary N) is 1. The molecule has 0 fully saturated rings. The van der Waals surface area contributed by atoms with Crippen LogP contribution in [0, 0.1) is 11.3 Å². The van der Waals surface area contributed by atoms with Crippen LogP contribution in [0.15, 0.2) is 24.3 Å². The number of rotatable bonds is 8. The summed E-state index contributed by atoms with van der Waals surface area (Å²) in [6.07, 6.45) is 0.890. The van der Waals surface area contributed by atoms with Crippen molar-refractivity contribution in [2.75, 3.05) is 20.3 Å². The van der Waals surface area contributed by atoms with E-state index in [2.05, 4.69) is 11.4 Å². The molecule has 110 valence electrons. The molecule has 4 nitrogen and oxygen atoms in total. The van der Waals surface area contributed by atoms with E-state index < -0.39 is 5.54 Å². The van der Waals surface area contributed by atoms with E-state index in [0.717, 1.165) is 12.2 Å². The number of hydrogen-bond acceptors (Lipinski definition) is 4. The lowest BCUT2D eigenvalue weighted by Crippen LogP contribution is -2.49.